The molecule has 5 aliphatic heterocycles. The Bertz CT molecular complexity index is 2340. The van der Waals surface area contributed by atoms with Gasteiger partial charge in [-0.1, -0.05) is 60.1 Å². The van der Waals surface area contributed by atoms with E-state index in [0.717, 1.165) is 18.4 Å². The summed E-state index contributed by atoms with van der Waals surface area (Å²) in [5.74, 6) is 0.0518. The highest BCUT2D eigenvalue weighted by Crippen LogP contribution is 2.75. The first kappa shape index (κ1) is 71.9. The van der Waals surface area contributed by atoms with Crippen molar-refractivity contribution >= 4 is 0 Å². The van der Waals surface area contributed by atoms with Gasteiger partial charge in [-0.15, -0.1) is 0 Å². The number of fused-ring (bicyclic) bond motifs is 5. The van der Waals surface area contributed by atoms with Crippen LogP contribution in [-0.4, -0.2) is 296 Å². The van der Waals surface area contributed by atoms with Gasteiger partial charge in [-0.3, -0.25) is 0 Å². The van der Waals surface area contributed by atoms with Crippen LogP contribution in [0, 0.1) is 45.3 Å². The predicted molar refractivity (Wildman–Crippen MR) is 303 cm³/mol. The second kappa shape index (κ2) is 27.6. The Labute approximate surface area is 518 Å². The Kier molecular flexibility index (Phi) is 22.3. The van der Waals surface area contributed by atoms with E-state index < -0.39 is 215 Å². The van der Waals surface area contributed by atoms with Gasteiger partial charge in [-0.05, 0) is 106 Å². The van der Waals surface area contributed by atoms with Crippen LogP contribution in [0.4, 0.5) is 0 Å². The van der Waals surface area contributed by atoms with E-state index in [-0.39, 0.29) is 47.3 Å². The van der Waals surface area contributed by atoms with E-state index >= 15 is 0 Å². The van der Waals surface area contributed by atoms with Crippen LogP contribution in [-0.2, 0) is 47.4 Å². The highest BCUT2D eigenvalue weighted by atomic mass is 16.8. The van der Waals surface area contributed by atoms with Gasteiger partial charge in [-0.25, -0.2) is 0 Å². The molecule has 3 unspecified atom stereocenters. The summed E-state index contributed by atoms with van der Waals surface area (Å²) in [6.07, 6.45) is -35.7. The van der Waals surface area contributed by atoms with Crippen molar-refractivity contribution in [2.45, 2.75) is 298 Å². The molecule has 5 saturated heterocycles. The molecule has 28 nitrogen and oxygen atoms in total. The second-order valence-electron chi connectivity index (χ2n) is 28.9. The number of allylic oxidation sites excluding steroid dienone is 1. The van der Waals surface area contributed by atoms with Gasteiger partial charge < -0.3 is 139 Å². The fourth-order valence-corrected chi connectivity index (χ4v) is 17.3. The van der Waals surface area contributed by atoms with Gasteiger partial charge in [0.25, 0.3) is 0 Å². The lowest BCUT2D eigenvalue weighted by Crippen LogP contribution is -2.66. The predicted octanol–water partition coefficient (Wildman–Crippen LogP) is -3.99. The highest BCUT2D eigenvalue weighted by molar-refractivity contribution is 5.32. The fourth-order valence-electron chi connectivity index (χ4n) is 17.3. The van der Waals surface area contributed by atoms with Gasteiger partial charge in [-0.2, -0.15) is 0 Å². The summed E-state index contributed by atoms with van der Waals surface area (Å²) in [5, 5.41) is 196. The van der Waals surface area contributed by atoms with E-state index in [1.165, 1.54) is 13.8 Å². The minimum atomic E-state index is -1.89. The average molecular weight is 1290 g/mol. The number of hydrogen-bond donors (Lipinski definition) is 18. The van der Waals surface area contributed by atoms with E-state index in [1.54, 1.807) is 6.92 Å². The third-order valence-electron chi connectivity index (χ3n) is 23.1. The molecule has 3 saturated carbocycles. The Morgan fingerprint density at radius 1 is 0.539 bits per heavy atom. The van der Waals surface area contributed by atoms with Crippen LogP contribution < -0.4 is 0 Å². The summed E-state index contributed by atoms with van der Waals surface area (Å²) in [6.45, 7) is 15.0. The van der Waals surface area contributed by atoms with Gasteiger partial charge in [0.1, 0.15) is 116 Å². The number of hydrogen-bond acceptors (Lipinski definition) is 28. The van der Waals surface area contributed by atoms with Crippen molar-refractivity contribution in [1.29, 1.82) is 0 Å². The Morgan fingerprint density at radius 2 is 1.02 bits per heavy atom. The molecular formula is C61H104O28. The molecule has 4 aliphatic carbocycles. The number of rotatable bonds is 20. The molecule has 0 amide bonds. The van der Waals surface area contributed by atoms with Crippen molar-refractivity contribution in [3.63, 3.8) is 0 Å². The Morgan fingerprint density at radius 3 is 1.60 bits per heavy atom. The Balaban J connectivity index is 0.884. The molecule has 0 aromatic carbocycles. The normalized spacial score (nSPS) is 51.8. The molecule has 9 rings (SSSR count). The largest absolute Gasteiger partial charge is 0.394 e. The quantitative estimate of drug-likeness (QED) is 0.0517. The summed E-state index contributed by atoms with van der Waals surface area (Å²) < 4.78 is 60.0. The standard InChI is InChI=1S/C61H104O28/c1-10-28-37(66)41(70)47(76)54(81-28)89-51-44(73)40(69)32(23-80-52-46(75)42(71)38(67)29(20-62)82-52)85-56(51)87-36(58(5,6)79)15-11-24(2)25-17-18-59(7)33-14-12-26-27(61(33,9)34(65)19-60(25,59)8)13-16-35(57(26,3)4)86-53-49(78)45(74)50(31(22-64)84-53)88-55-48(77)43(72)39(68)30(21-63)83-55/h12,24-25,27-56,62-79H,10-11,13-23H2,1-9H3/t24-,25?,27?,28+,29-,30-,31-,32-,33?,34-,35+,36-,37+,38-,39-,40-,41-,42+,43+,44+,45-,46-,47+,48-,49-,50-,51-,52-,53+,54-,55+,56+,59+,60-,61+/m1/s1. The summed E-state index contributed by atoms with van der Waals surface area (Å²) in [6, 6.07) is 0. The lowest BCUT2D eigenvalue weighted by molar-refractivity contribution is -0.379. The minimum Gasteiger partial charge on any atom is -0.394 e. The van der Waals surface area contributed by atoms with Crippen molar-refractivity contribution < 1.29 is 139 Å². The molecule has 0 aromatic heterocycles. The second-order valence-corrected chi connectivity index (χ2v) is 28.9. The van der Waals surface area contributed by atoms with Crippen molar-refractivity contribution in [3.05, 3.63) is 11.6 Å². The summed E-state index contributed by atoms with van der Waals surface area (Å²) in [5.41, 5.74) is -2.39. The maximum Gasteiger partial charge on any atom is 0.187 e. The van der Waals surface area contributed by atoms with E-state index in [2.05, 4.69) is 33.8 Å². The molecule has 0 aromatic rings. The molecule has 0 spiro atoms. The minimum absolute atomic E-state index is 0.0139. The summed E-state index contributed by atoms with van der Waals surface area (Å²) in [7, 11) is 0. The summed E-state index contributed by atoms with van der Waals surface area (Å²) >= 11 is 0. The van der Waals surface area contributed by atoms with Gasteiger partial charge >= 0.3 is 0 Å². The van der Waals surface area contributed by atoms with Crippen LogP contribution in [0.1, 0.15) is 120 Å². The molecule has 28 heteroatoms. The molecule has 18 N–H and O–H groups in total. The van der Waals surface area contributed by atoms with Gasteiger partial charge in [0, 0.05) is 10.8 Å². The van der Waals surface area contributed by atoms with Gasteiger partial charge in [0.05, 0.1) is 56.4 Å². The first-order valence-corrected chi connectivity index (χ1v) is 32.0. The van der Waals surface area contributed by atoms with Crippen molar-refractivity contribution in [1.82, 2.24) is 0 Å². The van der Waals surface area contributed by atoms with Gasteiger partial charge in [0.15, 0.2) is 31.5 Å². The van der Waals surface area contributed by atoms with Gasteiger partial charge in [0.2, 0.25) is 0 Å². The van der Waals surface area contributed by atoms with Crippen LogP contribution in [0.25, 0.3) is 0 Å². The molecular weight excluding hydrogens is 1180 g/mol. The third-order valence-corrected chi connectivity index (χ3v) is 23.1. The first-order chi connectivity index (χ1) is 41.7. The van der Waals surface area contributed by atoms with Crippen molar-refractivity contribution in [3.8, 4) is 0 Å². The summed E-state index contributed by atoms with van der Waals surface area (Å²) in [4.78, 5) is 0. The third kappa shape index (κ3) is 13.0. The molecule has 9 aliphatic rings. The highest BCUT2D eigenvalue weighted by Gasteiger charge is 2.71. The first-order valence-electron chi connectivity index (χ1n) is 32.0. The Hall–Kier alpha value is -1.38. The maximum absolute atomic E-state index is 12.8. The number of aliphatic hydroxyl groups is 18. The van der Waals surface area contributed by atoms with Crippen LogP contribution >= 0.6 is 0 Å². The van der Waals surface area contributed by atoms with E-state index in [0.29, 0.717) is 32.1 Å². The maximum atomic E-state index is 12.8. The average Bonchev–Trinajstić information content (AvgIpc) is 1.66. The van der Waals surface area contributed by atoms with Crippen LogP contribution in [0.15, 0.2) is 11.6 Å². The van der Waals surface area contributed by atoms with Crippen molar-refractivity contribution in [2.75, 3.05) is 26.4 Å². The van der Waals surface area contributed by atoms with Crippen LogP contribution in [0.5, 0.6) is 0 Å². The van der Waals surface area contributed by atoms with E-state index in [9.17, 15) is 91.9 Å². The smallest absolute Gasteiger partial charge is 0.187 e. The van der Waals surface area contributed by atoms with E-state index in [1.807, 2.05) is 13.8 Å². The monoisotopic (exact) mass is 1280 g/mol. The zero-order valence-electron chi connectivity index (χ0n) is 52.4. The molecule has 0 bridgehead atoms. The number of aliphatic hydroxyl groups excluding tert-OH is 17. The molecule has 0 radical (unpaired) electrons. The fraction of sp³-hybridized carbons (Fsp3) is 0.967. The van der Waals surface area contributed by atoms with Crippen LogP contribution in [0.2, 0.25) is 0 Å². The van der Waals surface area contributed by atoms with E-state index in [4.69, 9.17) is 47.4 Å². The lowest BCUT2D eigenvalue weighted by Gasteiger charge is -2.67. The molecule has 35 atom stereocenters. The molecule has 516 valence electrons. The topological polar surface area (TPSA) is 456 Å². The molecule has 5 heterocycles. The molecule has 8 fully saturated rings. The number of ether oxygens (including phenoxy) is 10. The van der Waals surface area contributed by atoms with Crippen LogP contribution in [0.3, 0.4) is 0 Å². The van der Waals surface area contributed by atoms with Crippen molar-refractivity contribution in [2.24, 2.45) is 45.3 Å². The SMILES string of the molecule is CC[C@@H]1O[C@H](O[C@H]2[C@H](O[C@H](CC[C@@H](C)C3CC[C@@]4(C)C5CC=C6C(CC[C@H](O[C@@H]7O[C@H](CO)[C@@H](O[C@@H]8O[C@H](CO)[C@@H](O)[C@H](O)[C@H]8O)[C@H](O)[C@H]7O)C6(C)C)[C@]5(C)[C@H](O)C[C@]34C)C(C)(C)O)O[C@H](CO[C@@H]3O[C@H](CO)[C@@H](O)[C@H](O)[C@H]3O)[C@@H](O)[C@@H]2O)[C@@H](O)[C@H](O)[C@H]1O. The zero-order chi connectivity index (χ0) is 65.5. The zero-order valence-corrected chi connectivity index (χ0v) is 52.4. The lowest BCUT2D eigenvalue weighted by atomic mass is 9.38. The molecule has 89 heavy (non-hydrogen) atoms.